The summed E-state index contributed by atoms with van der Waals surface area (Å²) in [5.74, 6) is 0.183. The molecule has 0 bridgehead atoms. The number of carbonyl (C=O) groups is 1. The molecule has 2 aromatic carbocycles. The molecule has 162 valence electrons. The van der Waals surface area contributed by atoms with Crippen molar-refractivity contribution >= 4 is 5.91 Å². The monoisotopic (exact) mass is 435 g/mol. The molecule has 3 heterocycles. The van der Waals surface area contributed by atoms with Crippen LogP contribution in [0.3, 0.4) is 0 Å². The van der Waals surface area contributed by atoms with Crippen molar-refractivity contribution in [3.05, 3.63) is 95.4 Å². The largest absolute Gasteiger partial charge is 0.443 e. The van der Waals surface area contributed by atoms with E-state index in [1.807, 2.05) is 6.07 Å². The molecule has 0 spiro atoms. The summed E-state index contributed by atoms with van der Waals surface area (Å²) in [6, 6.07) is 13.4. The van der Waals surface area contributed by atoms with Crippen LogP contribution in [-0.2, 0) is 6.42 Å². The molecule has 1 saturated heterocycles. The van der Waals surface area contributed by atoms with Gasteiger partial charge in [0, 0.05) is 24.6 Å². The Morgan fingerprint density at radius 2 is 1.94 bits per heavy atom. The van der Waals surface area contributed by atoms with Crippen molar-refractivity contribution in [2.45, 2.75) is 25.3 Å². The molecule has 1 atom stereocenters. The zero-order chi connectivity index (χ0) is 22.1. The van der Waals surface area contributed by atoms with Crippen molar-refractivity contribution in [1.82, 2.24) is 15.0 Å². The molecule has 0 N–H and O–H groups in total. The van der Waals surface area contributed by atoms with Gasteiger partial charge in [-0.15, -0.1) is 0 Å². The number of hydrogen-bond donors (Lipinski definition) is 0. The number of amides is 1. The fourth-order valence-corrected chi connectivity index (χ4v) is 3.95. The second kappa shape index (κ2) is 8.37. The molecule has 5 rings (SSSR count). The summed E-state index contributed by atoms with van der Waals surface area (Å²) in [7, 11) is 0. The zero-order valence-corrected chi connectivity index (χ0v) is 17.0. The Kier molecular flexibility index (Phi) is 5.26. The minimum atomic E-state index is -0.351. The van der Waals surface area contributed by atoms with Crippen LogP contribution in [0.15, 0.2) is 69.7 Å². The van der Waals surface area contributed by atoms with E-state index in [-0.39, 0.29) is 29.3 Å². The highest BCUT2D eigenvalue weighted by atomic mass is 19.1. The summed E-state index contributed by atoms with van der Waals surface area (Å²) in [5, 5.41) is 3.95. The molecule has 2 aromatic heterocycles. The van der Waals surface area contributed by atoms with Crippen LogP contribution >= 0.6 is 0 Å². The maximum Gasteiger partial charge on any atom is 0.293 e. The lowest BCUT2D eigenvalue weighted by Crippen LogP contribution is -2.30. The van der Waals surface area contributed by atoms with Crippen LogP contribution in [0.4, 0.5) is 8.78 Å². The number of likely N-dealkylation sites (tertiary alicyclic amines) is 1. The molecule has 1 fully saturated rings. The molecule has 8 heteroatoms. The summed E-state index contributed by atoms with van der Waals surface area (Å²) < 4.78 is 37.8. The number of benzene rings is 2. The second-order valence-electron chi connectivity index (χ2n) is 7.71. The van der Waals surface area contributed by atoms with Crippen LogP contribution in [0.1, 0.15) is 46.7 Å². The lowest BCUT2D eigenvalue weighted by molar-refractivity contribution is 0.0672. The smallest absolute Gasteiger partial charge is 0.293 e. The van der Waals surface area contributed by atoms with Gasteiger partial charge in [0.25, 0.3) is 5.91 Å². The Labute approximate surface area is 182 Å². The van der Waals surface area contributed by atoms with Gasteiger partial charge in [-0.2, -0.15) is 0 Å². The van der Waals surface area contributed by atoms with Crippen molar-refractivity contribution in [2.75, 3.05) is 6.54 Å². The molecule has 6 nitrogen and oxygen atoms in total. The Hall–Kier alpha value is -3.81. The maximum atomic E-state index is 13.4. The number of rotatable bonds is 5. The van der Waals surface area contributed by atoms with E-state index in [4.69, 9.17) is 8.94 Å². The molecule has 1 aliphatic rings. The van der Waals surface area contributed by atoms with Gasteiger partial charge in [-0.3, -0.25) is 4.79 Å². The summed E-state index contributed by atoms with van der Waals surface area (Å²) in [4.78, 5) is 19.1. The first-order valence-corrected chi connectivity index (χ1v) is 10.3. The number of nitrogens with zero attached hydrogens (tertiary/aromatic N) is 3. The molecule has 1 aliphatic heterocycles. The highest BCUT2D eigenvalue weighted by molar-refractivity contribution is 5.92. The first-order valence-electron chi connectivity index (χ1n) is 10.3. The van der Waals surface area contributed by atoms with Gasteiger partial charge >= 0.3 is 0 Å². The molecule has 1 amide bonds. The van der Waals surface area contributed by atoms with E-state index in [9.17, 15) is 13.6 Å². The Bertz CT molecular complexity index is 1250. The minimum Gasteiger partial charge on any atom is -0.443 e. The predicted octanol–water partition coefficient (Wildman–Crippen LogP) is 5.18. The highest BCUT2D eigenvalue weighted by Crippen LogP contribution is 2.33. The molecule has 0 aliphatic carbocycles. The van der Waals surface area contributed by atoms with Crippen molar-refractivity contribution in [1.29, 1.82) is 0 Å². The summed E-state index contributed by atoms with van der Waals surface area (Å²) in [5.41, 5.74) is 1.89. The number of halogens is 2. The van der Waals surface area contributed by atoms with E-state index >= 15 is 0 Å². The Balaban J connectivity index is 1.32. The molecule has 0 saturated carbocycles. The lowest BCUT2D eigenvalue weighted by atomic mass is 10.1. The topological polar surface area (TPSA) is 72.4 Å². The van der Waals surface area contributed by atoms with Crippen LogP contribution in [0.25, 0.3) is 11.3 Å². The summed E-state index contributed by atoms with van der Waals surface area (Å²) in [6.07, 6.45) is 3.54. The predicted molar refractivity (Wildman–Crippen MR) is 111 cm³/mol. The van der Waals surface area contributed by atoms with Crippen LogP contribution in [0.5, 0.6) is 0 Å². The maximum absolute atomic E-state index is 13.4. The first kappa shape index (κ1) is 20.1. The molecule has 0 radical (unpaired) electrons. The quantitative estimate of drug-likeness (QED) is 0.432. The fraction of sp³-hybridized carbons (Fsp3) is 0.208. The lowest BCUT2D eigenvalue weighted by Gasteiger charge is -2.20. The molecule has 32 heavy (non-hydrogen) atoms. The molecule has 4 aromatic rings. The summed E-state index contributed by atoms with van der Waals surface area (Å²) >= 11 is 0. The SMILES string of the molecule is O=C(c1cc(-c2ccc(F)cc2)no1)N1CCC[C@@H]1c1ncc(Cc2cccc(F)c2)o1. The average Bonchev–Trinajstić information content (AvgIpc) is 3.54. The van der Waals surface area contributed by atoms with E-state index in [1.54, 1.807) is 35.4 Å². The van der Waals surface area contributed by atoms with Crippen LogP contribution in [0.2, 0.25) is 0 Å². The van der Waals surface area contributed by atoms with Crippen LogP contribution in [0, 0.1) is 11.6 Å². The Morgan fingerprint density at radius 3 is 2.75 bits per heavy atom. The standard InChI is InChI=1S/C24H19F2N3O3/c25-17-8-6-16(7-9-17)20-13-22(32-28-20)24(30)29-10-2-5-21(29)23-27-14-19(31-23)12-15-3-1-4-18(26)11-15/h1,3-4,6-9,11,13-14,21H,2,5,10,12H2/t21-/m1/s1. The van der Waals surface area contributed by atoms with E-state index in [1.165, 1.54) is 24.3 Å². The number of carbonyl (C=O) groups excluding carboxylic acids is 1. The van der Waals surface area contributed by atoms with Gasteiger partial charge in [0.15, 0.2) is 0 Å². The highest BCUT2D eigenvalue weighted by Gasteiger charge is 2.35. The number of aromatic nitrogens is 2. The normalized spacial score (nSPS) is 15.9. The van der Waals surface area contributed by atoms with Gasteiger partial charge in [-0.05, 0) is 54.8 Å². The van der Waals surface area contributed by atoms with Gasteiger partial charge in [-0.1, -0.05) is 17.3 Å². The van der Waals surface area contributed by atoms with Crippen LogP contribution < -0.4 is 0 Å². The molecule has 0 unspecified atom stereocenters. The minimum absolute atomic E-state index is 0.0998. The number of oxazole rings is 1. The van der Waals surface area contributed by atoms with Gasteiger partial charge in [0.05, 0.1) is 6.20 Å². The van der Waals surface area contributed by atoms with E-state index in [0.717, 1.165) is 12.0 Å². The van der Waals surface area contributed by atoms with Gasteiger partial charge in [0.2, 0.25) is 11.7 Å². The Morgan fingerprint density at radius 1 is 1.09 bits per heavy atom. The van der Waals surface area contributed by atoms with E-state index in [2.05, 4.69) is 10.1 Å². The fourth-order valence-electron chi connectivity index (χ4n) is 3.95. The third-order valence-corrected chi connectivity index (χ3v) is 5.50. The van der Waals surface area contributed by atoms with Crippen LogP contribution in [-0.4, -0.2) is 27.5 Å². The summed E-state index contributed by atoms with van der Waals surface area (Å²) in [6.45, 7) is 0.539. The van der Waals surface area contributed by atoms with Gasteiger partial charge in [0.1, 0.15) is 29.1 Å². The number of hydrogen-bond acceptors (Lipinski definition) is 5. The van der Waals surface area contributed by atoms with Gasteiger partial charge < -0.3 is 13.8 Å². The zero-order valence-electron chi connectivity index (χ0n) is 17.0. The van der Waals surface area contributed by atoms with E-state index in [0.29, 0.717) is 42.3 Å². The van der Waals surface area contributed by atoms with Crippen molar-refractivity contribution in [2.24, 2.45) is 0 Å². The second-order valence-corrected chi connectivity index (χ2v) is 7.71. The van der Waals surface area contributed by atoms with Crippen molar-refractivity contribution in [3.8, 4) is 11.3 Å². The molecular weight excluding hydrogens is 416 g/mol. The first-order chi connectivity index (χ1) is 15.6. The van der Waals surface area contributed by atoms with Crippen molar-refractivity contribution in [3.63, 3.8) is 0 Å². The third kappa shape index (κ3) is 4.03. The van der Waals surface area contributed by atoms with E-state index < -0.39 is 0 Å². The van der Waals surface area contributed by atoms with Crippen molar-refractivity contribution < 1.29 is 22.5 Å². The average molecular weight is 435 g/mol. The third-order valence-electron chi connectivity index (χ3n) is 5.50. The molecular formula is C24H19F2N3O3. The van der Waals surface area contributed by atoms with Gasteiger partial charge in [-0.25, -0.2) is 13.8 Å².